The van der Waals surface area contributed by atoms with Crippen LogP contribution in [-0.2, 0) is 4.79 Å². The summed E-state index contributed by atoms with van der Waals surface area (Å²) >= 11 is 13.5. The van der Waals surface area contributed by atoms with Crippen LogP contribution in [0.15, 0.2) is 59.5 Å². The van der Waals surface area contributed by atoms with E-state index in [1.165, 1.54) is 4.90 Å². The van der Waals surface area contributed by atoms with Crippen molar-refractivity contribution < 1.29 is 9.59 Å². The third-order valence-corrected chi connectivity index (χ3v) is 6.14. The van der Waals surface area contributed by atoms with Crippen molar-refractivity contribution in [3.05, 3.63) is 86.5 Å². The lowest BCUT2D eigenvalue weighted by Crippen LogP contribution is -2.27. The molecule has 1 aliphatic rings. The highest BCUT2D eigenvalue weighted by atomic mass is 35.5. The molecule has 146 valence electrons. The predicted molar refractivity (Wildman–Crippen MR) is 120 cm³/mol. The van der Waals surface area contributed by atoms with E-state index in [0.29, 0.717) is 20.6 Å². The molecule has 7 heteroatoms. The van der Waals surface area contributed by atoms with Gasteiger partial charge in [-0.2, -0.15) is 0 Å². The molecule has 4 rings (SSSR count). The largest absolute Gasteiger partial charge is 0.316 e. The number of hydrogen-bond acceptors (Lipinski definition) is 3. The Hall–Kier alpha value is -2.47. The molecule has 0 aliphatic carbocycles. The number of imide groups is 1. The molecule has 1 saturated heterocycles. The number of halogens is 2. The van der Waals surface area contributed by atoms with E-state index in [1.54, 1.807) is 48.5 Å². The second kappa shape index (κ2) is 7.75. The van der Waals surface area contributed by atoms with Gasteiger partial charge in [0.15, 0.2) is 0 Å². The van der Waals surface area contributed by atoms with Gasteiger partial charge in [-0.3, -0.25) is 9.59 Å². The van der Waals surface area contributed by atoms with Gasteiger partial charge in [0.2, 0.25) is 0 Å². The highest BCUT2D eigenvalue weighted by Gasteiger charge is 2.36. The molecule has 2 heterocycles. The van der Waals surface area contributed by atoms with Crippen LogP contribution in [0.5, 0.6) is 0 Å². The Labute approximate surface area is 182 Å². The molecule has 0 radical (unpaired) electrons. The fraction of sp³-hybridized carbons (Fsp3) is 0.0909. The third-order valence-electron chi connectivity index (χ3n) is 4.71. The minimum atomic E-state index is -0.322. The van der Waals surface area contributed by atoms with Gasteiger partial charge in [0.25, 0.3) is 11.1 Å². The Morgan fingerprint density at radius 3 is 2.41 bits per heavy atom. The summed E-state index contributed by atoms with van der Waals surface area (Å²) in [7, 11) is 0. The average Bonchev–Trinajstić information content (AvgIpc) is 3.13. The van der Waals surface area contributed by atoms with E-state index in [4.69, 9.17) is 23.2 Å². The first-order chi connectivity index (χ1) is 13.9. The highest BCUT2D eigenvalue weighted by Crippen LogP contribution is 2.37. The van der Waals surface area contributed by atoms with Gasteiger partial charge in [-0.05, 0) is 73.6 Å². The quantitative estimate of drug-likeness (QED) is 0.426. The minimum absolute atomic E-state index is 0.306. The van der Waals surface area contributed by atoms with Gasteiger partial charge in [0, 0.05) is 16.4 Å². The monoisotopic (exact) mass is 442 g/mol. The summed E-state index contributed by atoms with van der Waals surface area (Å²) in [4.78, 5) is 26.9. The molecule has 0 saturated carbocycles. The van der Waals surface area contributed by atoms with Crippen LogP contribution in [0.2, 0.25) is 10.0 Å². The van der Waals surface area contributed by atoms with Gasteiger partial charge >= 0.3 is 0 Å². The van der Waals surface area contributed by atoms with Crippen molar-refractivity contribution in [2.24, 2.45) is 0 Å². The van der Waals surface area contributed by atoms with Gasteiger partial charge < -0.3 is 4.57 Å². The maximum Gasteiger partial charge on any atom is 0.298 e. The lowest BCUT2D eigenvalue weighted by molar-refractivity contribution is -0.113. The van der Waals surface area contributed by atoms with Crippen LogP contribution in [0.1, 0.15) is 17.0 Å². The standard InChI is InChI=1S/C22H16Cl2N2O2S/c1-13-10-15(14(2)25(13)19-12-16(23)8-9-18(19)24)11-20-21(27)26(22(28)29-20)17-6-4-3-5-7-17/h3-12H,1-2H3/b20-11-. The van der Waals surface area contributed by atoms with Gasteiger partial charge in [0.05, 0.1) is 21.3 Å². The fourth-order valence-electron chi connectivity index (χ4n) is 3.37. The van der Waals surface area contributed by atoms with Gasteiger partial charge in [0.1, 0.15) is 0 Å². The van der Waals surface area contributed by atoms with E-state index in [0.717, 1.165) is 34.4 Å². The third kappa shape index (κ3) is 3.62. The van der Waals surface area contributed by atoms with Crippen molar-refractivity contribution in [2.45, 2.75) is 13.8 Å². The second-order valence-electron chi connectivity index (χ2n) is 6.61. The maximum atomic E-state index is 12.9. The summed E-state index contributed by atoms with van der Waals surface area (Å²) in [6, 6.07) is 16.2. The SMILES string of the molecule is Cc1cc(/C=C2\SC(=O)N(c3ccccc3)C2=O)c(C)n1-c1cc(Cl)ccc1Cl. The van der Waals surface area contributed by atoms with Crippen LogP contribution in [-0.4, -0.2) is 15.7 Å². The van der Waals surface area contributed by atoms with Crippen molar-refractivity contribution in [2.75, 3.05) is 4.90 Å². The van der Waals surface area contributed by atoms with Crippen LogP contribution in [0.25, 0.3) is 11.8 Å². The summed E-state index contributed by atoms with van der Waals surface area (Å²) in [6.07, 6.45) is 1.76. The number of para-hydroxylation sites is 1. The normalized spacial score (nSPS) is 15.6. The first-order valence-electron chi connectivity index (χ1n) is 8.84. The minimum Gasteiger partial charge on any atom is -0.316 e. The van der Waals surface area contributed by atoms with Crippen molar-refractivity contribution in [1.82, 2.24) is 4.57 Å². The molecule has 0 unspecified atom stereocenters. The number of carbonyl (C=O) groups is 2. The Kier molecular flexibility index (Phi) is 5.30. The van der Waals surface area contributed by atoms with Crippen LogP contribution in [0.3, 0.4) is 0 Å². The zero-order valence-electron chi connectivity index (χ0n) is 15.6. The number of rotatable bonds is 3. The van der Waals surface area contributed by atoms with E-state index in [1.807, 2.05) is 30.5 Å². The molecule has 0 N–H and O–H groups in total. The number of carbonyl (C=O) groups excluding carboxylic acids is 2. The topological polar surface area (TPSA) is 42.3 Å². The van der Waals surface area contributed by atoms with E-state index in [2.05, 4.69) is 0 Å². The van der Waals surface area contributed by atoms with Gasteiger partial charge in [-0.25, -0.2) is 4.90 Å². The Balaban J connectivity index is 1.74. The summed E-state index contributed by atoms with van der Waals surface area (Å²) < 4.78 is 1.99. The van der Waals surface area contributed by atoms with E-state index >= 15 is 0 Å². The van der Waals surface area contributed by atoms with Crippen LogP contribution < -0.4 is 4.90 Å². The second-order valence-corrected chi connectivity index (χ2v) is 8.45. The summed E-state index contributed by atoms with van der Waals surface area (Å²) in [5.74, 6) is -0.322. The molecule has 3 aromatic rings. The zero-order valence-corrected chi connectivity index (χ0v) is 18.0. The number of aryl methyl sites for hydroxylation is 1. The number of hydrogen-bond donors (Lipinski definition) is 0. The van der Waals surface area contributed by atoms with Crippen molar-refractivity contribution >= 4 is 57.9 Å². The fourth-order valence-corrected chi connectivity index (χ4v) is 4.57. The lowest BCUT2D eigenvalue weighted by Gasteiger charge is -2.12. The number of aromatic nitrogens is 1. The Bertz CT molecular complexity index is 1170. The molecule has 2 aromatic carbocycles. The molecule has 0 spiro atoms. The van der Waals surface area contributed by atoms with E-state index < -0.39 is 0 Å². The van der Waals surface area contributed by atoms with Crippen molar-refractivity contribution in [1.29, 1.82) is 0 Å². The molecular formula is C22H16Cl2N2O2S. The number of thioether (sulfide) groups is 1. The number of nitrogens with zero attached hydrogens (tertiary/aromatic N) is 2. The Morgan fingerprint density at radius 2 is 1.69 bits per heavy atom. The number of anilines is 1. The Morgan fingerprint density at radius 1 is 0.966 bits per heavy atom. The summed E-state index contributed by atoms with van der Waals surface area (Å²) in [6.45, 7) is 3.90. The summed E-state index contributed by atoms with van der Waals surface area (Å²) in [5, 5.41) is 0.855. The zero-order chi connectivity index (χ0) is 20.7. The van der Waals surface area contributed by atoms with Crippen molar-refractivity contribution in [3.8, 4) is 5.69 Å². The molecule has 1 aliphatic heterocycles. The molecule has 29 heavy (non-hydrogen) atoms. The lowest BCUT2D eigenvalue weighted by atomic mass is 10.2. The molecule has 2 amide bonds. The molecule has 1 fully saturated rings. The molecule has 0 bridgehead atoms. The first kappa shape index (κ1) is 19.8. The smallest absolute Gasteiger partial charge is 0.298 e. The molecular weight excluding hydrogens is 427 g/mol. The summed E-state index contributed by atoms with van der Waals surface area (Å²) in [5.41, 5.74) is 4.02. The van der Waals surface area contributed by atoms with Crippen LogP contribution >= 0.6 is 35.0 Å². The van der Waals surface area contributed by atoms with Crippen LogP contribution in [0, 0.1) is 13.8 Å². The average molecular weight is 443 g/mol. The van der Waals surface area contributed by atoms with Crippen LogP contribution in [0.4, 0.5) is 10.5 Å². The predicted octanol–water partition coefficient (Wildman–Crippen LogP) is 6.64. The molecule has 4 nitrogen and oxygen atoms in total. The molecule has 0 atom stereocenters. The maximum absolute atomic E-state index is 12.9. The first-order valence-corrected chi connectivity index (χ1v) is 10.4. The van der Waals surface area contributed by atoms with Crippen molar-refractivity contribution in [3.63, 3.8) is 0 Å². The number of amides is 2. The number of benzene rings is 2. The molecule has 1 aromatic heterocycles. The van der Waals surface area contributed by atoms with Gasteiger partial charge in [-0.1, -0.05) is 41.4 Å². The van der Waals surface area contributed by atoms with Gasteiger partial charge in [-0.15, -0.1) is 0 Å². The highest BCUT2D eigenvalue weighted by molar-refractivity contribution is 8.19. The van der Waals surface area contributed by atoms with E-state index in [-0.39, 0.29) is 11.1 Å². The van der Waals surface area contributed by atoms with E-state index in [9.17, 15) is 9.59 Å².